The number of carbonyl (C=O) groups is 3. The summed E-state index contributed by atoms with van der Waals surface area (Å²) in [7, 11) is 0. The monoisotopic (exact) mass is 525 g/mol. The zero-order valence-electron chi connectivity index (χ0n) is 20.4. The summed E-state index contributed by atoms with van der Waals surface area (Å²) in [6.07, 6.45) is 1.54. The molecule has 0 aromatic heterocycles. The van der Waals surface area contributed by atoms with Crippen molar-refractivity contribution < 1.29 is 23.9 Å². The highest BCUT2D eigenvalue weighted by Crippen LogP contribution is 2.42. The number of fused-ring (bicyclic) bond motifs is 1. The molecule has 0 radical (unpaired) electrons. The molecule has 2 aliphatic heterocycles. The van der Waals surface area contributed by atoms with Crippen molar-refractivity contribution in [3.8, 4) is 0 Å². The van der Waals surface area contributed by atoms with Crippen LogP contribution < -0.4 is 5.32 Å². The van der Waals surface area contributed by atoms with E-state index in [1.807, 2.05) is 20.8 Å². The van der Waals surface area contributed by atoms with Crippen molar-refractivity contribution >= 4 is 41.3 Å². The molecule has 8 nitrogen and oxygen atoms in total. The Morgan fingerprint density at radius 2 is 1.60 bits per heavy atom. The van der Waals surface area contributed by atoms with E-state index in [9.17, 15) is 14.4 Å². The second-order valence-electron chi connectivity index (χ2n) is 10.8. The van der Waals surface area contributed by atoms with Gasteiger partial charge in [-0.15, -0.1) is 0 Å². The molecule has 1 N–H and O–H groups in total. The molecule has 3 amide bonds. The van der Waals surface area contributed by atoms with Gasteiger partial charge in [-0.1, -0.05) is 23.2 Å². The first-order valence-corrected chi connectivity index (χ1v) is 12.9. The molecule has 4 rings (SSSR count). The number of likely N-dealkylation sites (tertiary alicyclic amines) is 2. The van der Waals surface area contributed by atoms with Gasteiger partial charge in [-0.25, -0.2) is 9.59 Å². The van der Waals surface area contributed by atoms with Gasteiger partial charge in [0.2, 0.25) is 5.91 Å². The third-order valence-corrected chi connectivity index (χ3v) is 7.29. The fraction of sp³-hybridized carbons (Fsp3) is 0.640. The van der Waals surface area contributed by atoms with E-state index in [1.54, 1.807) is 28.0 Å². The van der Waals surface area contributed by atoms with Crippen LogP contribution in [0.5, 0.6) is 0 Å². The summed E-state index contributed by atoms with van der Waals surface area (Å²) in [6, 6.07) is 4.94. The fourth-order valence-corrected chi connectivity index (χ4v) is 5.85. The lowest BCUT2D eigenvalue weighted by atomic mass is 10.0. The van der Waals surface area contributed by atoms with Crippen LogP contribution in [0.15, 0.2) is 18.2 Å². The van der Waals surface area contributed by atoms with Crippen molar-refractivity contribution in [3.05, 3.63) is 33.8 Å². The van der Waals surface area contributed by atoms with Crippen LogP contribution in [0.1, 0.15) is 45.6 Å². The topological polar surface area (TPSA) is 88.2 Å². The summed E-state index contributed by atoms with van der Waals surface area (Å²) in [5.41, 5.74) is 0.207. The second kappa shape index (κ2) is 10.4. The van der Waals surface area contributed by atoms with Crippen molar-refractivity contribution in [2.24, 2.45) is 17.8 Å². The van der Waals surface area contributed by atoms with Gasteiger partial charge in [0.05, 0.1) is 0 Å². The van der Waals surface area contributed by atoms with Gasteiger partial charge in [0.1, 0.15) is 12.2 Å². The molecular formula is C25H33Cl2N3O5. The van der Waals surface area contributed by atoms with Crippen LogP contribution in [0, 0.1) is 17.8 Å². The number of rotatable bonds is 4. The lowest BCUT2D eigenvalue weighted by molar-refractivity contribution is -0.125. The maximum Gasteiger partial charge on any atom is 0.410 e. The average Bonchev–Trinajstić information content (AvgIpc) is 3.45. The van der Waals surface area contributed by atoms with E-state index in [0.29, 0.717) is 54.5 Å². The number of ether oxygens (including phenoxy) is 2. The molecule has 10 heteroatoms. The Bertz CT molecular complexity index is 948. The van der Waals surface area contributed by atoms with Crippen LogP contribution >= 0.6 is 23.2 Å². The summed E-state index contributed by atoms with van der Waals surface area (Å²) >= 11 is 12.0. The molecule has 2 saturated heterocycles. The van der Waals surface area contributed by atoms with Crippen LogP contribution in [0.3, 0.4) is 0 Å². The largest absolute Gasteiger partial charge is 0.445 e. The van der Waals surface area contributed by atoms with Crippen molar-refractivity contribution in [1.82, 2.24) is 15.1 Å². The van der Waals surface area contributed by atoms with E-state index < -0.39 is 11.7 Å². The Labute approximate surface area is 216 Å². The summed E-state index contributed by atoms with van der Waals surface area (Å²) in [6.45, 7) is 7.91. The van der Waals surface area contributed by atoms with Gasteiger partial charge in [-0.05, 0) is 75.6 Å². The van der Waals surface area contributed by atoms with Gasteiger partial charge in [-0.3, -0.25) is 4.79 Å². The fourth-order valence-electron chi connectivity index (χ4n) is 5.28. The van der Waals surface area contributed by atoms with Crippen molar-refractivity contribution in [1.29, 1.82) is 0 Å². The predicted octanol–water partition coefficient (Wildman–Crippen LogP) is 4.71. The highest BCUT2D eigenvalue weighted by Gasteiger charge is 2.45. The number of hydrogen-bond acceptors (Lipinski definition) is 5. The molecule has 1 aromatic rings. The Hall–Kier alpha value is -2.19. The number of benzene rings is 1. The third-order valence-electron chi connectivity index (χ3n) is 6.85. The van der Waals surface area contributed by atoms with Gasteiger partial charge >= 0.3 is 12.2 Å². The Kier molecular flexibility index (Phi) is 7.71. The molecule has 0 spiro atoms. The minimum absolute atomic E-state index is 0.0389. The lowest BCUT2D eigenvalue weighted by Gasteiger charge is -2.25. The minimum Gasteiger partial charge on any atom is -0.445 e. The van der Waals surface area contributed by atoms with Gasteiger partial charge in [0.15, 0.2) is 0 Å². The summed E-state index contributed by atoms with van der Waals surface area (Å²) in [5.74, 6) is 0.637. The minimum atomic E-state index is -0.512. The van der Waals surface area contributed by atoms with Crippen molar-refractivity contribution in [2.75, 3.05) is 26.2 Å². The molecule has 0 bridgehead atoms. The van der Waals surface area contributed by atoms with Crippen molar-refractivity contribution in [2.45, 2.75) is 58.3 Å². The zero-order valence-corrected chi connectivity index (χ0v) is 21.9. The quantitative estimate of drug-likeness (QED) is 0.614. The number of halogens is 2. The van der Waals surface area contributed by atoms with Gasteiger partial charge < -0.3 is 24.6 Å². The molecule has 1 aliphatic carbocycles. The molecule has 3 atom stereocenters. The van der Waals surface area contributed by atoms with Crippen LogP contribution in [0.4, 0.5) is 9.59 Å². The van der Waals surface area contributed by atoms with Gasteiger partial charge in [0, 0.05) is 48.2 Å². The number of nitrogens with one attached hydrogen (secondary N) is 1. The molecule has 192 valence electrons. The van der Waals surface area contributed by atoms with E-state index in [1.165, 1.54) is 0 Å². The molecule has 1 saturated carbocycles. The summed E-state index contributed by atoms with van der Waals surface area (Å²) < 4.78 is 10.9. The number of amides is 3. The van der Waals surface area contributed by atoms with Crippen LogP contribution in [0.25, 0.3) is 0 Å². The lowest BCUT2D eigenvalue weighted by Crippen LogP contribution is -2.41. The molecule has 35 heavy (non-hydrogen) atoms. The van der Waals surface area contributed by atoms with Gasteiger partial charge in [0.25, 0.3) is 0 Å². The highest BCUT2D eigenvalue weighted by molar-refractivity contribution is 6.34. The highest BCUT2D eigenvalue weighted by atomic mass is 35.5. The normalized spacial score (nSPS) is 26.0. The first kappa shape index (κ1) is 25.9. The van der Waals surface area contributed by atoms with E-state index in [-0.39, 0.29) is 30.6 Å². The van der Waals surface area contributed by atoms with E-state index >= 15 is 0 Å². The predicted molar refractivity (Wildman–Crippen MR) is 132 cm³/mol. The van der Waals surface area contributed by atoms with Crippen LogP contribution in [0.2, 0.25) is 10.0 Å². The van der Waals surface area contributed by atoms with Crippen LogP contribution in [-0.4, -0.2) is 65.7 Å². The Morgan fingerprint density at radius 1 is 0.971 bits per heavy atom. The van der Waals surface area contributed by atoms with Gasteiger partial charge in [-0.2, -0.15) is 0 Å². The number of hydrogen-bond donors (Lipinski definition) is 1. The molecule has 2 heterocycles. The molecule has 3 fully saturated rings. The van der Waals surface area contributed by atoms with E-state index in [2.05, 4.69) is 5.32 Å². The zero-order chi connectivity index (χ0) is 25.3. The first-order chi connectivity index (χ1) is 16.5. The molecule has 2 unspecified atom stereocenters. The maximum atomic E-state index is 12.9. The molecular weight excluding hydrogens is 493 g/mol. The smallest absolute Gasteiger partial charge is 0.410 e. The molecule has 3 aliphatic rings. The van der Waals surface area contributed by atoms with E-state index in [4.69, 9.17) is 32.7 Å². The number of nitrogens with zero attached hydrogens (tertiary/aromatic N) is 2. The third kappa shape index (κ3) is 6.73. The average molecular weight is 526 g/mol. The number of carbonyl (C=O) groups excluding carboxylic acids is 3. The van der Waals surface area contributed by atoms with E-state index in [0.717, 1.165) is 18.4 Å². The van der Waals surface area contributed by atoms with Crippen LogP contribution in [-0.2, 0) is 20.9 Å². The molecule has 1 aromatic carbocycles. The Morgan fingerprint density at radius 3 is 2.20 bits per heavy atom. The van der Waals surface area contributed by atoms with Crippen molar-refractivity contribution in [3.63, 3.8) is 0 Å². The first-order valence-electron chi connectivity index (χ1n) is 12.1. The standard InChI is InChI=1S/C25H33Cl2N3O5/c1-25(2,3)35-24(33)30-11-17-8-16(9-18(17)12-30)22(31)28-21-4-5-29(13-21)23(32)34-14-15-6-19(26)10-20(27)7-15/h6-7,10,16-18,21H,4-5,8-9,11-14H2,1-3H3,(H,28,31)/t16?,17?,18?,21-/m1/s1. The summed E-state index contributed by atoms with van der Waals surface area (Å²) in [4.78, 5) is 41.1. The Balaban J connectivity index is 1.19. The second-order valence-corrected chi connectivity index (χ2v) is 11.7. The maximum absolute atomic E-state index is 12.9. The SMILES string of the molecule is CC(C)(C)OC(=O)N1CC2CC(C(=O)N[C@@H]3CCN(C(=O)OCc4cc(Cl)cc(Cl)c4)C3)CC2C1. The summed E-state index contributed by atoms with van der Waals surface area (Å²) in [5, 5.41) is 4.09.